The van der Waals surface area contributed by atoms with E-state index in [9.17, 15) is 5.11 Å². The largest absolute Gasteiger partial charge is 0.393 e. The normalized spacial score (nSPS) is 23.2. The van der Waals surface area contributed by atoms with Crippen molar-refractivity contribution in [3.05, 3.63) is 30.4 Å². The summed E-state index contributed by atoms with van der Waals surface area (Å²) in [6.45, 7) is 8.97. The fourth-order valence-electron chi connectivity index (χ4n) is 4.82. The summed E-state index contributed by atoms with van der Waals surface area (Å²) < 4.78 is 13.9. The number of aliphatic hydroxyl groups excluding tert-OH is 1. The van der Waals surface area contributed by atoms with Crippen LogP contribution in [0.15, 0.2) is 24.5 Å². The lowest BCUT2D eigenvalue weighted by atomic mass is 9.97. The smallest absolute Gasteiger partial charge is 0.227 e. The number of aromatic nitrogens is 5. The molecule has 35 heavy (non-hydrogen) atoms. The molecule has 2 aliphatic heterocycles. The number of imidazole rings is 1. The number of ether oxygens (including phenoxy) is 2. The van der Waals surface area contributed by atoms with Crippen LogP contribution < -0.4 is 10.2 Å². The van der Waals surface area contributed by atoms with Gasteiger partial charge >= 0.3 is 0 Å². The first-order valence-electron chi connectivity index (χ1n) is 12.6. The highest BCUT2D eigenvalue weighted by Crippen LogP contribution is 2.26. The van der Waals surface area contributed by atoms with E-state index < -0.39 is 0 Å². The summed E-state index contributed by atoms with van der Waals surface area (Å²) in [7, 11) is 0. The molecule has 3 aromatic heterocycles. The summed E-state index contributed by atoms with van der Waals surface area (Å²) in [6.07, 6.45) is 6.99. The van der Waals surface area contributed by atoms with Crippen LogP contribution in [0.3, 0.4) is 0 Å². The van der Waals surface area contributed by atoms with E-state index in [0.29, 0.717) is 24.2 Å². The van der Waals surface area contributed by atoms with Crippen molar-refractivity contribution in [2.75, 3.05) is 29.9 Å². The van der Waals surface area contributed by atoms with Crippen LogP contribution in [0.2, 0.25) is 0 Å². The van der Waals surface area contributed by atoms with Gasteiger partial charge in [0.25, 0.3) is 0 Å². The minimum atomic E-state index is -0.264. The maximum Gasteiger partial charge on any atom is 0.227 e. The molecule has 0 radical (unpaired) electrons. The number of aliphatic hydroxyl groups is 1. The zero-order valence-corrected chi connectivity index (χ0v) is 20.7. The summed E-state index contributed by atoms with van der Waals surface area (Å²) in [5.74, 6) is 3.08. The maximum atomic E-state index is 10.0. The molecule has 2 aliphatic rings. The van der Waals surface area contributed by atoms with E-state index in [-0.39, 0.29) is 24.4 Å². The van der Waals surface area contributed by atoms with E-state index >= 15 is 0 Å². The average molecular weight is 482 g/mol. The Morgan fingerprint density at radius 1 is 1.20 bits per heavy atom. The first-order chi connectivity index (χ1) is 17.0. The molecule has 0 aromatic carbocycles. The quantitative estimate of drug-likeness (QED) is 0.520. The van der Waals surface area contributed by atoms with Crippen LogP contribution in [0.5, 0.6) is 0 Å². The maximum absolute atomic E-state index is 10.0. The van der Waals surface area contributed by atoms with Gasteiger partial charge in [-0.2, -0.15) is 4.98 Å². The molecule has 2 N–H and O–H groups in total. The molecule has 0 amide bonds. The third-order valence-electron chi connectivity index (χ3n) is 6.74. The monoisotopic (exact) mass is 481 g/mol. The van der Waals surface area contributed by atoms with Gasteiger partial charge in [-0.25, -0.2) is 15.0 Å². The highest BCUT2D eigenvalue weighted by molar-refractivity contribution is 5.79. The molecular weight excluding hydrogens is 446 g/mol. The summed E-state index contributed by atoms with van der Waals surface area (Å²) in [6, 6.07) is 4.05. The molecule has 5 heterocycles. The second kappa shape index (κ2) is 10.4. The number of fused-ring (bicyclic) bond motifs is 1. The standard InChI is InChI=1S/C25H35N7O3/c1-16(2)32-19-12-22(27-13-18(19)28-23(32)15-35-24-6-4-5-11-34-24)29-21-7-9-26-25(30-21)31-10-8-20(33)17(3)14-31/h7,9,12-13,16-17,20,24,33H,4-6,8,10-11,14-15H2,1-3H3,(H,26,27,29,30). The molecule has 2 fully saturated rings. The SMILES string of the molecule is CC1CN(c2nccc(Nc3cc4c(cn3)nc(COC3CCCCO3)n4C(C)C)n2)CCC1O. The number of rotatable bonds is 7. The van der Waals surface area contributed by atoms with Gasteiger partial charge in [0.1, 0.15) is 29.6 Å². The van der Waals surface area contributed by atoms with Crippen molar-refractivity contribution in [3.8, 4) is 0 Å². The van der Waals surface area contributed by atoms with Crippen molar-refractivity contribution < 1.29 is 14.6 Å². The topological polar surface area (TPSA) is 110 Å². The Bertz CT molecular complexity index is 1150. The molecular formula is C25H35N7O3. The highest BCUT2D eigenvalue weighted by Gasteiger charge is 2.26. The summed E-state index contributed by atoms with van der Waals surface area (Å²) in [5, 5.41) is 13.4. The third kappa shape index (κ3) is 5.39. The Labute approximate surface area is 205 Å². The van der Waals surface area contributed by atoms with Gasteiger partial charge in [-0.15, -0.1) is 0 Å². The Morgan fingerprint density at radius 2 is 2.09 bits per heavy atom. The molecule has 3 unspecified atom stereocenters. The van der Waals surface area contributed by atoms with Crippen LogP contribution in [0.1, 0.15) is 58.3 Å². The van der Waals surface area contributed by atoms with E-state index in [1.807, 2.05) is 12.1 Å². The Balaban J connectivity index is 1.34. The first-order valence-corrected chi connectivity index (χ1v) is 12.6. The third-order valence-corrected chi connectivity index (χ3v) is 6.74. The van der Waals surface area contributed by atoms with Crippen molar-refractivity contribution in [2.24, 2.45) is 5.92 Å². The van der Waals surface area contributed by atoms with Gasteiger partial charge in [0, 0.05) is 38.0 Å². The number of hydrogen-bond acceptors (Lipinski definition) is 9. The number of hydrogen-bond donors (Lipinski definition) is 2. The van der Waals surface area contributed by atoms with Crippen LogP contribution in [-0.2, 0) is 16.1 Å². The van der Waals surface area contributed by atoms with Crippen LogP contribution in [0.4, 0.5) is 17.6 Å². The Morgan fingerprint density at radius 3 is 2.86 bits per heavy atom. The lowest BCUT2D eigenvalue weighted by Gasteiger charge is -2.34. The zero-order valence-electron chi connectivity index (χ0n) is 20.7. The molecule has 10 heteroatoms. The van der Waals surface area contributed by atoms with Crippen LogP contribution >= 0.6 is 0 Å². The molecule has 5 rings (SSSR count). The van der Waals surface area contributed by atoms with E-state index in [4.69, 9.17) is 19.4 Å². The van der Waals surface area contributed by atoms with E-state index in [1.54, 1.807) is 12.4 Å². The number of pyridine rings is 1. The van der Waals surface area contributed by atoms with Crippen molar-refractivity contribution in [1.82, 2.24) is 24.5 Å². The molecule has 10 nitrogen and oxygen atoms in total. The predicted octanol–water partition coefficient (Wildman–Crippen LogP) is 3.80. The molecule has 0 saturated carbocycles. The number of piperidine rings is 1. The summed E-state index contributed by atoms with van der Waals surface area (Å²) >= 11 is 0. The fraction of sp³-hybridized carbons (Fsp3) is 0.600. The van der Waals surface area contributed by atoms with Gasteiger partial charge in [-0.1, -0.05) is 6.92 Å². The van der Waals surface area contributed by atoms with Crippen molar-refractivity contribution in [1.29, 1.82) is 0 Å². The van der Waals surface area contributed by atoms with Crippen LogP contribution in [0.25, 0.3) is 11.0 Å². The zero-order chi connectivity index (χ0) is 24.4. The molecule has 2 saturated heterocycles. The molecule has 0 bridgehead atoms. The molecule has 0 spiro atoms. The second-order valence-electron chi connectivity index (χ2n) is 9.80. The van der Waals surface area contributed by atoms with E-state index in [2.05, 4.69) is 45.5 Å². The van der Waals surface area contributed by atoms with Crippen molar-refractivity contribution in [2.45, 2.75) is 71.5 Å². The van der Waals surface area contributed by atoms with E-state index in [0.717, 1.165) is 62.2 Å². The van der Waals surface area contributed by atoms with Crippen LogP contribution in [0, 0.1) is 5.92 Å². The number of nitrogens with zero attached hydrogens (tertiary/aromatic N) is 6. The Kier molecular flexibility index (Phi) is 7.12. The van der Waals surface area contributed by atoms with Gasteiger partial charge in [0.05, 0.1) is 17.8 Å². The van der Waals surface area contributed by atoms with Gasteiger partial charge in [-0.05, 0) is 51.5 Å². The lowest BCUT2D eigenvalue weighted by Crippen LogP contribution is -2.42. The Hall–Kier alpha value is -2.82. The van der Waals surface area contributed by atoms with Gasteiger partial charge < -0.3 is 29.4 Å². The highest BCUT2D eigenvalue weighted by atomic mass is 16.7. The second-order valence-corrected chi connectivity index (χ2v) is 9.80. The molecule has 0 aliphatic carbocycles. The van der Waals surface area contributed by atoms with Crippen molar-refractivity contribution in [3.63, 3.8) is 0 Å². The molecule has 3 aromatic rings. The predicted molar refractivity (Wildman–Crippen MR) is 134 cm³/mol. The average Bonchev–Trinajstić information content (AvgIpc) is 3.23. The minimum absolute atomic E-state index is 0.155. The van der Waals surface area contributed by atoms with E-state index in [1.165, 1.54) is 0 Å². The summed E-state index contributed by atoms with van der Waals surface area (Å²) in [5.41, 5.74) is 1.82. The molecule has 3 atom stereocenters. The van der Waals surface area contributed by atoms with Gasteiger partial charge in [-0.3, -0.25) is 0 Å². The number of anilines is 3. The fourth-order valence-corrected chi connectivity index (χ4v) is 4.82. The van der Waals surface area contributed by atoms with Crippen LogP contribution in [-0.4, -0.2) is 61.7 Å². The van der Waals surface area contributed by atoms with Gasteiger partial charge in [0.2, 0.25) is 5.95 Å². The first kappa shape index (κ1) is 23.9. The van der Waals surface area contributed by atoms with Crippen molar-refractivity contribution >= 4 is 28.6 Å². The number of nitrogens with one attached hydrogen (secondary N) is 1. The van der Waals surface area contributed by atoms with Gasteiger partial charge in [0.15, 0.2) is 6.29 Å². The summed E-state index contributed by atoms with van der Waals surface area (Å²) in [4.78, 5) is 20.6. The lowest BCUT2D eigenvalue weighted by molar-refractivity contribution is -0.170. The molecule has 188 valence electrons. The minimum Gasteiger partial charge on any atom is -0.393 e.